The van der Waals surface area contributed by atoms with Crippen molar-refractivity contribution in [1.82, 2.24) is 4.98 Å². The smallest absolute Gasteiger partial charge is 0.340 e. The lowest BCUT2D eigenvalue weighted by atomic mass is 10.2. The number of nitrogens with zero attached hydrogens (tertiary/aromatic N) is 1. The normalized spacial score (nSPS) is 10.1. The van der Waals surface area contributed by atoms with Crippen molar-refractivity contribution in [3.8, 4) is 11.5 Å². The van der Waals surface area contributed by atoms with E-state index in [1.54, 1.807) is 30.5 Å². The number of amides is 1. The first-order valence-corrected chi connectivity index (χ1v) is 8.80. The van der Waals surface area contributed by atoms with Crippen LogP contribution in [-0.4, -0.2) is 36.7 Å². The molecule has 1 aromatic carbocycles. The van der Waals surface area contributed by atoms with Gasteiger partial charge < -0.3 is 19.5 Å². The molecular weight excluding hydrogens is 404 g/mol. The molecule has 0 atom stereocenters. The van der Waals surface area contributed by atoms with E-state index in [9.17, 15) is 9.59 Å². The number of rotatable bonds is 8. The second-order valence-electron chi connectivity index (χ2n) is 5.04. The van der Waals surface area contributed by atoms with E-state index in [2.05, 4.69) is 26.2 Å². The molecule has 0 aliphatic rings. The Kier molecular flexibility index (Phi) is 7.40. The van der Waals surface area contributed by atoms with Gasteiger partial charge in [0.05, 0.1) is 24.5 Å². The molecule has 1 heterocycles. The summed E-state index contributed by atoms with van der Waals surface area (Å²) in [6.07, 6.45) is 2.91. The van der Waals surface area contributed by atoms with Crippen LogP contribution in [0.1, 0.15) is 24.2 Å². The van der Waals surface area contributed by atoms with Crippen LogP contribution in [0.2, 0.25) is 0 Å². The van der Waals surface area contributed by atoms with Crippen molar-refractivity contribution in [2.75, 3.05) is 25.1 Å². The molecule has 26 heavy (non-hydrogen) atoms. The first-order valence-electron chi connectivity index (χ1n) is 8.00. The second-order valence-corrected chi connectivity index (χ2v) is 5.96. The van der Waals surface area contributed by atoms with Gasteiger partial charge in [0.1, 0.15) is 11.5 Å². The van der Waals surface area contributed by atoms with Gasteiger partial charge in [-0.1, -0.05) is 0 Å². The van der Waals surface area contributed by atoms with Crippen molar-refractivity contribution in [2.45, 2.75) is 13.8 Å². The number of pyridine rings is 1. The Morgan fingerprint density at radius 2 is 1.88 bits per heavy atom. The first-order chi connectivity index (χ1) is 12.5. The minimum atomic E-state index is -0.637. The summed E-state index contributed by atoms with van der Waals surface area (Å²) in [6, 6.07) is 6.69. The number of benzene rings is 1. The van der Waals surface area contributed by atoms with Gasteiger partial charge in [-0.05, 0) is 48.0 Å². The predicted octanol–water partition coefficient (Wildman–Crippen LogP) is 3.44. The van der Waals surface area contributed by atoms with Crippen LogP contribution in [0.25, 0.3) is 0 Å². The lowest BCUT2D eigenvalue weighted by Crippen LogP contribution is -2.21. The summed E-state index contributed by atoms with van der Waals surface area (Å²) in [7, 11) is 0. The zero-order chi connectivity index (χ0) is 18.9. The van der Waals surface area contributed by atoms with Crippen LogP contribution in [0.4, 0.5) is 5.69 Å². The molecule has 0 aliphatic carbocycles. The summed E-state index contributed by atoms with van der Waals surface area (Å²) in [5, 5.41) is 2.67. The molecule has 0 bridgehead atoms. The van der Waals surface area contributed by atoms with E-state index >= 15 is 0 Å². The number of ether oxygens (including phenoxy) is 3. The maximum absolute atomic E-state index is 12.1. The summed E-state index contributed by atoms with van der Waals surface area (Å²) in [4.78, 5) is 28.0. The van der Waals surface area contributed by atoms with Crippen molar-refractivity contribution in [3.63, 3.8) is 0 Å². The van der Waals surface area contributed by atoms with Crippen molar-refractivity contribution in [2.24, 2.45) is 0 Å². The molecule has 0 spiro atoms. The van der Waals surface area contributed by atoms with Crippen LogP contribution in [0.15, 0.2) is 41.1 Å². The number of anilines is 1. The zero-order valence-electron chi connectivity index (χ0n) is 14.5. The largest absolute Gasteiger partial charge is 0.494 e. The summed E-state index contributed by atoms with van der Waals surface area (Å²) >= 11 is 3.22. The molecular formula is C18H19BrN2O5. The molecule has 2 rings (SSSR count). The number of hydrogen-bond acceptors (Lipinski definition) is 6. The monoisotopic (exact) mass is 422 g/mol. The number of carbonyl (C=O) groups is 2. The van der Waals surface area contributed by atoms with Crippen molar-refractivity contribution < 1.29 is 23.8 Å². The molecule has 0 radical (unpaired) electrons. The van der Waals surface area contributed by atoms with Crippen molar-refractivity contribution in [3.05, 3.63) is 46.7 Å². The molecule has 0 saturated heterocycles. The van der Waals surface area contributed by atoms with Gasteiger partial charge in [-0.2, -0.15) is 0 Å². The third-order valence-corrected chi connectivity index (χ3v) is 3.54. The third-order valence-electron chi connectivity index (χ3n) is 3.11. The van der Waals surface area contributed by atoms with Gasteiger partial charge in [-0.15, -0.1) is 0 Å². The first kappa shape index (κ1) is 19.7. The quantitative estimate of drug-likeness (QED) is 0.655. The molecule has 8 heteroatoms. The molecule has 1 aromatic heterocycles. The highest BCUT2D eigenvalue weighted by molar-refractivity contribution is 9.10. The maximum Gasteiger partial charge on any atom is 0.340 e. The fourth-order valence-electron chi connectivity index (χ4n) is 2.07. The molecule has 0 unspecified atom stereocenters. The molecule has 1 N–H and O–H groups in total. The number of esters is 1. The number of carbonyl (C=O) groups excluding carboxylic acids is 2. The van der Waals surface area contributed by atoms with Gasteiger partial charge in [-0.3, -0.25) is 9.78 Å². The molecule has 7 nitrogen and oxygen atoms in total. The average molecular weight is 423 g/mol. The predicted molar refractivity (Wildman–Crippen MR) is 99.6 cm³/mol. The number of halogens is 1. The topological polar surface area (TPSA) is 86.8 Å². The van der Waals surface area contributed by atoms with Crippen molar-refractivity contribution in [1.29, 1.82) is 0 Å². The van der Waals surface area contributed by atoms with Gasteiger partial charge in [0.25, 0.3) is 5.91 Å². The Labute approximate surface area is 159 Å². The van der Waals surface area contributed by atoms with E-state index in [0.29, 0.717) is 34.9 Å². The SMILES string of the molecule is CCOc1ccc(OCC)c(NC(=O)COC(=O)c2cncc(Br)c2)c1. The van der Waals surface area contributed by atoms with E-state index in [1.165, 1.54) is 6.20 Å². The molecule has 0 aliphatic heterocycles. The van der Waals surface area contributed by atoms with Crippen LogP contribution >= 0.6 is 15.9 Å². The van der Waals surface area contributed by atoms with E-state index in [1.807, 2.05) is 13.8 Å². The fourth-order valence-corrected chi connectivity index (χ4v) is 2.43. The second kappa shape index (κ2) is 9.76. The van der Waals surface area contributed by atoms with Gasteiger partial charge in [0, 0.05) is 22.9 Å². The summed E-state index contributed by atoms with van der Waals surface area (Å²) < 4.78 is 16.6. The number of nitrogens with one attached hydrogen (secondary N) is 1. The highest BCUT2D eigenvalue weighted by atomic mass is 79.9. The van der Waals surface area contributed by atoms with Gasteiger partial charge >= 0.3 is 5.97 Å². The highest BCUT2D eigenvalue weighted by Gasteiger charge is 2.13. The molecule has 138 valence electrons. The van der Waals surface area contributed by atoms with Crippen LogP contribution < -0.4 is 14.8 Å². The highest BCUT2D eigenvalue weighted by Crippen LogP contribution is 2.29. The number of hydrogen-bond donors (Lipinski definition) is 1. The lowest BCUT2D eigenvalue weighted by Gasteiger charge is -2.13. The Balaban J connectivity index is 2.00. The van der Waals surface area contributed by atoms with E-state index in [4.69, 9.17) is 14.2 Å². The van der Waals surface area contributed by atoms with Crippen LogP contribution in [0.5, 0.6) is 11.5 Å². The summed E-state index contributed by atoms with van der Waals surface area (Å²) in [5.41, 5.74) is 0.698. The Bertz CT molecular complexity index is 782. The zero-order valence-corrected chi connectivity index (χ0v) is 16.0. The number of aromatic nitrogens is 1. The Morgan fingerprint density at radius 1 is 1.12 bits per heavy atom. The van der Waals surface area contributed by atoms with Crippen LogP contribution in [-0.2, 0) is 9.53 Å². The summed E-state index contributed by atoms with van der Waals surface area (Å²) in [6.45, 7) is 4.22. The van der Waals surface area contributed by atoms with Gasteiger partial charge in [0.15, 0.2) is 6.61 Å². The molecule has 0 saturated carbocycles. The van der Waals surface area contributed by atoms with Gasteiger partial charge in [-0.25, -0.2) is 4.79 Å². The summed E-state index contributed by atoms with van der Waals surface area (Å²) in [5.74, 6) is -0.0202. The Hall–Kier alpha value is -2.61. The standard InChI is InChI=1S/C18H19BrN2O5/c1-3-24-14-5-6-16(25-4-2)15(8-14)21-17(22)11-26-18(23)12-7-13(19)10-20-9-12/h5-10H,3-4,11H2,1-2H3,(H,21,22). The molecule has 0 fully saturated rings. The van der Waals surface area contributed by atoms with Crippen LogP contribution in [0, 0.1) is 0 Å². The maximum atomic E-state index is 12.1. The Morgan fingerprint density at radius 3 is 2.58 bits per heavy atom. The minimum absolute atomic E-state index is 0.250. The van der Waals surface area contributed by atoms with E-state index < -0.39 is 18.5 Å². The van der Waals surface area contributed by atoms with E-state index in [0.717, 1.165) is 0 Å². The third kappa shape index (κ3) is 5.73. The fraction of sp³-hybridized carbons (Fsp3) is 0.278. The van der Waals surface area contributed by atoms with Crippen LogP contribution in [0.3, 0.4) is 0 Å². The average Bonchev–Trinajstić information content (AvgIpc) is 2.62. The molecule has 2 aromatic rings. The van der Waals surface area contributed by atoms with E-state index in [-0.39, 0.29) is 5.56 Å². The van der Waals surface area contributed by atoms with Gasteiger partial charge in [0.2, 0.25) is 0 Å². The van der Waals surface area contributed by atoms with Crippen molar-refractivity contribution >= 4 is 33.5 Å². The molecule has 1 amide bonds. The minimum Gasteiger partial charge on any atom is -0.494 e. The lowest BCUT2D eigenvalue weighted by molar-refractivity contribution is -0.119.